The van der Waals surface area contributed by atoms with Gasteiger partial charge in [-0.2, -0.15) is 8.78 Å². The minimum Gasteiger partial charge on any atom is -0.462 e. The third kappa shape index (κ3) is 5.90. The van der Waals surface area contributed by atoms with E-state index in [1.807, 2.05) is 0 Å². The van der Waals surface area contributed by atoms with Gasteiger partial charge in [-0.3, -0.25) is 4.84 Å². The predicted octanol–water partition coefficient (Wildman–Crippen LogP) is 3.28. The van der Waals surface area contributed by atoms with Crippen LogP contribution < -0.4 is 5.06 Å². The van der Waals surface area contributed by atoms with Crippen LogP contribution in [0.1, 0.15) is 42.2 Å². The minimum absolute atomic E-state index is 0.0680. The first-order valence-corrected chi connectivity index (χ1v) is 7.16. The molecule has 1 heterocycles. The predicted molar refractivity (Wildman–Crippen MR) is 81.2 cm³/mol. The lowest BCUT2D eigenvalue weighted by atomic mass is 10.1. The minimum atomic E-state index is -1.64. The number of rotatable bonds is 8. The summed E-state index contributed by atoms with van der Waals surface area (Å²) in [6.07, 6.45) is 1.07. The molecule has 0 saturated heterocycles. The number of aromatic nitrogens is 2. The summed E-state index contributed by atoms with van der Waals surface area (Å²) in [6, 6.07) is 0. The van der Waals surface area contributed by atoms with Gasteiger partial charge in [0.2, 0.25) is 5.95 Å². The Morgan fingerprint density at radius 1 is 1.35 bits per heavy atom. The number of allylic oxidation sites excluding steroid dienone is 1. The van der Waals surface area contributed by atoms with Crippen molar-refractivity contribution in [2.75, 3.05) is 25.8 Å². The average Bonchev–Trinajstić information content (AvgIpc) is 2.52. The number of hydrogen-bond acceptors (Lipinski definition) is 6. The highest BCUT2D eigenvalue weighted by Crippen LogP contribution is 2.15. The smallest absolute Gasteiger partial charge is 0.341 e. The van der Waals surface area contributed by atoms with Crippen LogP contribution in [0, 0.1) is 6.92 Å². The molecule has 0 aromatic carbocycles. The Balaban J connectivity index is 2.48. The summed E-state index contributed by atoms with van der Waals surface area (Å²) in [7, 11) is 3.12. The number of nitrogens with zero attached hydrogens (tertiary/aromatic N) is 3. The highest BCUT2D eigenvalue weighted by atomic mass is 19.3. The van der Waals surface area contributed by atoms with Crippen molar-refractivity contribution in [2.24, 2.45) is 0 Å². The fraction of sp³-hybridized carbons (Fsp3) is 0.533. The summed E-state index contributed by atoms with van der Waals surface area (Å²) >= 11 is 0. The Bertz CT molecular complexity index is 575. The second-order valence-corrected chi connectivity index (χ2v) is 4.98. The van der Waals surface area contributed by atoms with E-state index in [0.29, 0.717) is 30.9 Å². The van der Waals surface area contributed by atoms with E-state index in [0.717, 1.165) is 0 Å². The van der Waals surface area contributed by atoms with Gasteiger partial charge < -0.3 is 4.74 Å². The molecule has 1 aromatic rings. The van der Waals surface area contributed by atoms with Gasteiger partial charge >= 0.3 is 5.97 Å². The average molecular weight is 329 g/mol. The molecular weight excluding hydrogens is 308 g/mol. The monoisotopic (exact) mass is 329 g/mol. The van der Waals surface area contributed by atoms with E-state index in [9.17, 15) is 13.6 Å². The number of aryl methyl sites for hydroxylation is 1. The number of ether oxygens (including phenoxy) is 1. The highest BCUT2D eigenvalue weighted by molar-refractivity contribution is 5.90. The van der Waals surface area contributed by atoms with E-state index in [4.69, 9.17) is 9.57 Å². The molecule has 0 saturated carbocycles. The van der Waals surface area contributed by atoms with Crippen LogP contribution in [0.3, 0.4) is 0 Å². The summed E-state index contributed by atoms with van der Waals surface area (Å²) in [6.45, 7) is 3.23. The molecule has 23 heavy (non-hydrogen) atoms. The molecule has 0 unspecified atom stereocenters. The molecule has 0 spiro atoms. The number of halogens is 2. The summed E-state index contributed by atoms with van der Waals surface area (Å²) in [4.78, 5) is 25.1. The zero-order valence-electron chi connectivity index (χ0n) is 13.7. The second-order valence-electron chi connectivity index (χ2n) is 4.98. The standard InChI is InChI=1S/C15H21F2N3O3/c1-10(13(16)17)7-5-6-8-23-14(21)12-9-18-15(19-11(12)2)20(3)22-4/h9H,5-8H2,1-4H3. The molecule has 1 rings (SSSR count). The number of anilines is 1. The maximum atomic E-state index is 12.2. The van der Waals surface area contributed by atoms with Gasteiger partial charge in [-0.25, -0.2) is 19.8 Å². The van der Waals surface area contributed by atoms with Crippen LogP contribution in [-0.2, 0) is 9.57 Å². The Morgan fingerprint density at radius 3 is 2.61 bits per heavy atom. The number of esters is 1. The lowest BCUT2D eigenvalue weighted by Crippen LogP contribution is -2.19. The van der Waals surface area contributed by atoms with Gasteiger partial charge in [0.25, 0.3) is 6.08 Å². The molecular formula is C15H21F2N3O3. The normalized spacial score (nSPS) is 10.3. The van der Waals surface area contributed by atoms with Gasteiger partial charge in [-0.1, -0.05) is 0 Å². The summed E-state index contributed by atoms with van der Waals surface area (Å²) in [5.74, 6) is -0.199. The molecule has 0 atom stereocenters. The summed E-state index contributed by atoms with van der Waals surface area (Å²) in [5.41, 5.74) is 0.810. The van der Waals surface area contributed by atoms with Gasteiger partial charge in [-0.15, -0.1) is 0 Å². The van der Waals surface area contributed by atoms with Gasteiger partial charge in [0.15, 0.2) is 0 Å². The molecule has 0 amide bonds. The van der Waals surface area contributed by atoms with Crippen molar-refractivity contribution in [1.29, 1.82) is 0 Å². The van der Waals surface area contributed by atoms with Crippen molar-refractivity contribution in [2.45, 2.75) is 33.1 Å². The topological polar surface area (TPSA) is 64.5 Å². The number of unbranched alkanes of at least 4 members (excludes halogenated alkanes) is 1. The summed E-state index contributed by atoms with van der Waals surface area (Å²) in [5, 5.41) is 1.36. The third-order valence-corrected chi connectivity index (χ3v) is 3.24. The Kier molecular flexibility index (Phi) is 7.53. The lowest BCUT2D eigenvalue weighted by Gasteiger charge is -2.14. The van der Waals surface area contributed by atoms with Crippen molar-refractivity contribution in [3.05, 3.63) is 29.1 Å². The molecule has 0 N–H and O–H groups in total. The molecule has 1 aromatic heterocycles. The van der Waals surface area contributed by atoms with Crippen molar-refractivity contribution >= 4 is 11.9 Å². The van der Waals surface area contributed by atoms with E-state index in [2.05, 4.69) is 9.97 Å². The van der Waals surface area contributed by atoms with E-state index >= 15 is 0 Å². The largest absolute Gasteiger partial charge is 0.462 e. The maximum absolute atomic E-state index is 12.2. The van der Waals surface area contributed by atoms with E-state index in [-0.39, 0.29) is 17.7 Å². The fourth-order valence-corrected chi connectivity index (χ4v) is 1.72. The van der Waals surface area contributed by atoms with Gasteiger partial charge in [0.1, 0.15) is 0 Å². The summed E-state index contributed by atoms with van der Waals surface area (Å²) < 4.78 is 29.5. The molecule has 0 aliphatic rings. The van der Waals surface area contributed by atoms with Crippen LogP contribution in [0.2, 0.25) is 0 Å². The van der Waals surface area contributed by atoms with Crippen LogP contribution in [0.5, 0.6) is 0 Å². The van der Waals surface area contributed by atoms with Crippen molar-refractivity contribution in [1.82, 2.24) is 9.97 Å². The molecule has 6 nitrogen and oxygen atoms in total. The molecule has 8 heteroatoms. The molecule has 128 valence electrons. The van der Waals surface area contributed by atoms with E-state index in [1.165, 1.54) is 25.3 Å². The number of carbonyl (C=O) groups is 1. The quantitative estimate of drug-likeness (QED) is 0.414. The third-order valence-electron chi connectivity index (χ3n) is 3.24. The van der Waals surface area contributed by atoms with E-state index in [1.54, 1.807) is 14.0 Å². The van der Waals surface area contributed by atoms with Crippen LogP contribution in [-0.4, -0.2) is 36.7 Å². The maximum Gasteiger partial charge on any atom is 0.341 e. The van der Waals surface area contributed by atoms with E-state index < -0.39 is 12.0 Å². The first kappa shape index (κ1) is 19.0. The number of hydrogen-bond donors (Lipinski definition) is 0. The first-order valence-electron chi connectivity index (χ1n) is 7.16. The van der Waals surface area contributed by atoms with Crippen molar-refractivity contribution in [3.63, 3.8) is 0 Å². The van der Waals surface area contributed by atoms with Crippen LogP contribution in [0.4, 0.5) is 14.7 Å². The molecule has 0 radical (unpaired) electrons. The van der Waals surface area contributed by atoms with Crippen LogP contribution >= 0.6 is 0 Å². The second kappa shape index (κ2) is 9.14. The van der Waals surface area contributed by atoms with Gasteiger partial charge in [0, 0.05) is 13.2 Å². The molecule has 0 aliphatic carbocycles. The lowest BCUT2D eigenvalue weighted by molar-refractivity contribution is 0.0496. The Morgan fingerprint density at radius 2 is 2.04 bits per heavy atom. The number of carbonyl (C=O) groups excluding carboxylic acids is 1. The molecule has 0 bridgehead atoms. The van der Waals surface area contributed by atoms with Crippen molar-refractivity contribution in [3.8, 4) is 0 Å². The fourth-order valence-electron chi connectivity index (χ4n) is 1.72. The zero-order chi connectivity index (χ0) is 17.4. The molecule has 0 aliphatic heterocycles. The van der Waals surface area contributed by atoms with Crippen LogP contribution in [0.15, 0.2) is 17.9 Å². The Labute approximate surface area is 134 Å². The van der Waals surface area contributed by atoms with Gasteiger partial charge in [-0.05, 0) is 38.7 Å². The SMILES string of the molecule is CON(C)c1ncc(C(=O)OCCCCC(C)=C(F)F)c(C)n1. The number of hydroxylamine groups is 1. The zero-order valence-corrected chi connectivity index (χ0v) is 13.7. The van der Waals surface area contributed by atoms with Gasteiger partial charge in [0.05, 0.1) is 25.0 Å². The van der Waals surface area contributed by atoms with Crippen molar-refractivity contribution < 1.29 is 23.1 Å². The first-order chi connectivity index (χ1) is 10.9. The molecule has 0 fully saturated rings. The highest BCUT2D eigenvalue weighted by Gasteiger charge is 2.14. The Hall–Kier alpha value is -2.09. The van der Waals surface area contributed by atoms with Crippen LogP contribution in [0.25, 0.3) is 0 Å².